The van der Waals surface area contributed by atoms with Crippen LogP contribution in [0, 0.1) is 0 Å². The van der Waals surface area contributed by atoms with E-state index in [1.54, 1.807) is 24.3 Å². The maximum absolute atomic E-state index is 13.0. The molecule has 0 bridgehead atoms. The fourth-order valence-corrected chi connectivity index (χ4v) is 5.13. The Morgan fingerprint density at radius 1 is 1.12 bits per heavy atom. The van der Waals surface area contributed by atoms with Crippen LogP contribution < -0.4 is 26.6 Å². The highest BCUT2D eigenvalue weighted by atomic mass is 16.2. The molecule has 0 radical (unpaired) electrons. The lowest BCUT2D eigenvalue weighted by Gasteiger charge is -2.36. The lowest BCUT2D eigenvalue weighted by molar-refractivity contribution is -0.111. The van der Waals surface area contributed by atoms with Gasteiger partial charge in [0, 0.05) is 53.2 Å². The van der Waals surface area contributed by atoms with Crippen molar-refractivity contribution >= 4 is 40.5 Å². The molecule has 10 heteroatoms. The lowest BCUT2D eigenvalue weighted by Crippen LogP contribution is -2.50. The molecule has 5 rings (SSSR count). The highest BCUT2D eigenvalue weighted by Gasteiger charge is 2.26. The lowest BCUT2D eigenvalue weighted by atomic mass is 9.91. The molecule has 5 N–H and O–H groups in total. The van der Waals surface area contributed by atoms with E-state index in [1.807, 2.05) is 41.0 Å². The van der Waals surface area contributed by atoms with Crippen molar-refractivity contribution in [1.29, 1.82) is 0 Å². The van der Waals surface area contributed by atoms with E-state index in [9.17, 15) is 9.59 Å². The monoisotopic (exact) mass is 580 g/mol. The summed E-state index contributed by atoms with van der Waals surface area (Å²) < 4.78 is 1.85. The van der Waals surface area contributed by atoms with E-state index < -0.39 is 0 Å². The molecule has 10 nitrogen and oxygen atoms in total. The summed E-state index contributed by atoms with van der Waals surface area (Å²) in [6, 6.07) is 16.8. The van der Waals surface area contributed by atoms with E-state index in [4.69, 9.17) is 4.98 Å². The zero-order valence-electron chi connectivity index (χ0n) is 25.2. The summed E-state index contributed by atoms with van der Waals surface area (Å²) in [5, 5.41) is 21.1. The largest absolute Gasteiger partial charge is 0.366 e. The van der Waals surface area contributed by atoms with Crippen LogP contribution in [0.15, 0.2) is 73.4 Å². The molecule has 3 heterocycles. The van der Waals surface area contributed by atoms with Gasteiger partial charge in [0.15, 0.2) is 5.65 Å². The molecule has 1 aliphatic rings. The second-order valence-electron chi connectivity index (χ2n) is 11.9. The van der Waals surface area contributed by atoms with Crippen molar-refractivity contribution in [2.45, 2.75) is 64.6 Å². The number of aromatic nitrogens is 3. The SMILES string of the molecule is C=CC(=O)Nc1cccc(C(=O)Nc2cccc(CNc3cc(N[C@@H]4CCC(C)(C)NC4)nc4c(C(C)C)cnn34)c2)c1. The molecule has 1 fully saturated rings. The predicted molar refractivity (Wildman–Crippen MR) is 173 cm³/mol. The number of piperidine rings is 1. The van der Waals surface area contributed by atoms with Crippen molar-refractivity contribution < 1.29 is 9.59 Å². The third-order valence-corrected chi connectivity index (χ3v) is 7.65. The van der Waals surface area contributed by atoms with E-state index in [2.05, 4.69) is 66.0 Å². The van der Waals surface area contributed by atoms with Crippen LogP contribution in [-0.2, 0) is 11.3 Å². The van der Waals surface area contributed by atoms with Crippen LogP contribution in [0.2, 0.25) is 0 Å². The third kappa shape index (κ3) is 7.39. The molecule has 0 saturated carbocycles. The topological polar surface area (TPSA) is 124 Å². The predicted octanol–water partition coefficient (Wildman–Crippen LogP) is 5.78. The van der Waals surface area contributed by atoms with Crippen LogP contribution in [0.3, 0.4) is 0 Å². The summed E-state index contributed by atoms with van der Waals surface area (Å²) in [4.78, 5) is 29.6. The van der Waals surface area contributed by atoms with E-state index in [-0.39, 0.29) is 23.3 Å². The van der Waals surface area contributed by atoms with Gasteiger partial charge in [-0.2, -0.15) is 9.61 Å². The molecule has 4 aromatic rings. The summed E-state index contributed by atoms with van der Waals surface area (Å²) >= 11 is 0. The summed E-state index contributed by atoms with van der Waals surface area (Å²) in [5.41, 5.74) is 4.68. The normalized spacial score (nSPS) is 16.1. The summed E-state index contributed by atoms with van der Waals surface area (Å²) in [6.07, 6.45) is 5.23. The standard InChI is InChI=1S/C33H40N8O2/c1-6-30(42)38-25-12-8-10-23(16-25)32(43)39-24-11-7-9-22(15-24)18-34-29-17-28(37-26-13-14-33(4,5)35-19-26)40-31-27(21(2)3)20-36-41(29)31/h6-12,15-17,20-21,26,34-35H,1,13-14,18-19H2,2-5H3,(H,37,40)(H,38,42)(H,39,43)/t26-/m1/s1. The van der Waals surface area contributed by atoms with Crippen LogP contribution in [0.5, 0.6) is 0 Å². The van der Waals surface area contributed by atoms with E-state index in [0.717, 1.165) is 47.8 Å². The summed E-state index contributed by atoms with van der Waals surface area (Å²) in [7, 11) is 0. The fraction of sp³-hybridized carbons (Fsp3) is 0.333. The number of nitrogens with zero attached hydrogens (tertiary/aromatic N) is 3. The van der Waals surface area contributed by atoms with Gasteiger partial charge in [0.25, 0.3) is 5.91 Å². The Labute approximate surface area is 252 Å². The quantitative estimate of drug-likeness (QED) is 0.151. The average Bonchev–Trinajstić information content (AvgIpc) is 3.42. The highest BCUT2D eigenvalue weighted by molar-refractivity contribution is 6.06. The molecule has 2 aromatic carbocycles. The smallest absolute Gasteiger partial charge is 0.255 e. The first-order chi connectivity index (χ1) is 20.6. The van der Waals surface area contributed by atoms with Gasteiger partial charge in [0.2, 0.25) is 5.91 Å². The minimum Gasteiger partial charge on any atom is -0.366 e. The molecule has 224 valence electrons. The number of nitrogens with one attached hydrogen (secondary N) is 5. The molecular weight excluding hydrogens is 540 g/mol. The number of hydrogen-bond acceptors (Lipinski definition) is 7. The van der Waals surface area contributed by atoms with Gasteiger partial charge in [-0.15, -0.1) is 0 Å². The first kappa shape index (κ1) is 29.8. The number of anilines is 4. The first-order valence-electron chi connectivity index (χ1n) is 14.7. The Hall–Kier alpha value is -4.70. The highest BCUT2D eigenvalue weighted by Crippen LogP contribution is 2.26. The van der Waals surface area contributed by atoms with Crippen molar-refractivity contribution in [3.63, 3.8) is 0 Å². The Kier molecular flexibility index (Phi) is 8.77. The van der Waals surface area contributed by atoms with Crippen LogP contribution in [-0.4, -0.2) is 44.5 Å². The van der Waals surface area contributed by atoms with Crippen molar-refractivity contribution in [3.05, 3.63) is 90.1 Å². The van der Waals surface area contributed by atoms with E-state index in [0.29, 0.717) is 29.5 Å². The number of amides is 2. The van der Waals surface area contributed by atoms with Gasteiger partial charge in [-0.3, -0.25) is 9.59 Å². The third-order valence-electron chi connectivity index (χ3n) is 7.65. The molecule has 1 atom stereocenters. The maximum atomic E-state index is 13.0. The molecule has 43 heavy (non-hydrogen) atoms. The minimum absolute atomic E-state index is 0.152. The summed E-state index contributed by atoms with van der Waals surface area (Å²) in [5.74, 6) is 1.32. The zero-order chi connectivity index (χ0) is 30.6. The van der Waals surface area contributed by atoms with Gasteiger partial charge in [-0.1, -0.05) is 38.6 Å². The molecule has 1 saturated heterocycles. The number of rotatable bonds is 10. The minimum atomic E-state index is -0.335. The van der Waals surface area contributed by atoms with Crippen LogP contribution >= 0.6 is 0 Å². The van der Waals surface area contributed by atoms with E-state index >= 15 is 0 Å². The Bertz CT molecular complexity index is 1630. The van der Waals surface area contributed by atoms with Crippen molar-refractivity contribution in [2.24, 2.45) is 0 Å². The second kappa shape index (κ2) is 12.7. The van der Waals surface area contributed by atoms with Crippen LogP contribution in [0.1, 0.15) is 67.9 Å². The Balaban J connectivity index is 1.31. The van der Waals surface area contributed by atoms with Gasteiger partial charge in [-0.25, -0.2) is 4.98 Å². The molecule has 2 amide bonds. The molecule has 1 aliphatic heterocycles. The van der Waals surface area contributed by atoms with Gasteiger partial charge < -0.3 is 26.6 Å². The number of carbonyl (C=O) groups excluding carboxylic acids is 2. The molecule has 0 aliphatic carbocycles. The second-order valence-corrected chi connectivity index (χ2v) is 11.9. The van der Waals surface area contributed by atoms with Crippen molar-refractivity contribution in [1.82, 2.24) is 19.9 Å². The van der Waals surface area contributed by atoms with Crippen LogP contribution in [0.25, 0.3) is 5.65 Å². The molecular formula is C33H40N8O2. The number of benzene rings is 2. The number of fused-ring (bicyclic) bond motifs is 1. The summed E-state index contributed by atoms with van der Waals surface area (Å²) in [6.45, 7) is 13.6. The molecule has 0 spiro atoms. The van der Waals surface area contributed by atoms with E-state index in [1.165, 1.54) is 6.08 Å². The van der Waals surface area contributed by atoms with Gasteiger partial charge in [0.05, 0.1) is 6.20 Å². The molecule has 0 unspecified atom stereocenters. The molecule has 2 aromatic heterocycles. The van der Waals surface area contributed by atoms with Gasteiger partial charge in [0.1, 0.15) is 11.6 Å². The first-order valence-corrected chi connectivity index (χ1v) is 14.7. The Morgan fingerprint density at radius 3 is 2.60 bits per heavy atom. The van der Waals surface area contributed by atoms with Crippen molar-refractivity contribution in [2.75, 3.05) is 27.8 Å². The van der Waals surface area contributed by atoms with Crippen LogP contribution in [0.4, 0.5) is 23.0 Å². The number of hydrogen-bond donors (Lipinski definition) is 5. The Morgan fingerprint density at radius 2 is 1.88 bits per heavy atom. The average molecular weight is 581 g/mol. The van der Waals surface area contributed by atoms with Crippen molar-refractivity contribution in [3.8, 4) is 0 Å². The number of carbonyl (C=O) groups is 2. The zero-order valence-corrected chi connectivity index (χ0v) is 25.2. The van der Waals surface area contributed by atoms with Gasteiger partial charge in [-0.05, 0) is 74.6 Å². The maximum Gasteiger partial charge on any atom is 0.255 e. The fourth-order valence-electron chi connectivity index (χ4n) is 5.13. The van der Waals surface area contributed by atoms with Gasteiger partial charge >= 0.3 is 0 Å².